The Balaban J connectivity index is 4.25. The van der Waals surface area contributed by atoms with Gasteiger partial charge in [-0.2, -0.15) is 0 Å². The lowest BCUT2D eigenvalue weighted by molar-refractivity contribution is -0.147. The normalized spacial score (nSPS) is 11.2. The molecule has 3 N–H and O–H groups in total. The van der Waals surface area contributed by atoms with E-state index in [1.54, 1.807) is 0 Å². The van der Waals surface area contributed by atoms with Crippen molar-refractivity contribution in [3.05, 3.63) is 11.6 Å². The maximum absolute atomic E-state index is 11.2. The van der Waals surface area contributed by atoms with Crippen LogP contribution in [0.15, 0.2) is 11.6 Å². The van der Waals surface area contributed by atoms with Crippen molar-refractivity contribution in [1.82, 2.24) is 10.6 Å². The number of rotatable bonds is 6. The topological polar surface area (TPSA) is 105 Å². The number of ether oxygens (including phenoxy) is 1. The molecular formula is C9H13ClN2O5. The fraction of sp³-hybridized carbons (Fsp3) is 0.444. The molecule has 0 saturated carbocycles. The predicted molar refractivity (Wildman–Crippen MR) is 59.6 cm³/mol. The van der Waals surface area contributed by atoms with Crippen molar-refractivity contribution in [2.75, 3.05) is 13.7 Å². The number of nitrogens with one attached hydrogen (secondary N) is 2. The van der Waals surface area contributed by atoms with Crippen LogP contribution in [0.5, 0.6) is 0 Å². The second-order valence-corrected chi connectivity index (χ2v) is 3.55. The summed E-state index contributed by atoms with van der Waals surface area (Å²) in [5.74, 6) is -2.07. The van der Waals surface area contributed by atoms with Gasteiger partial charge in [0.15, 0.2) is 0 Å². The summed E-state index contributed by atoms with van der Waals surface area (Å²) in [6, 6.07) is -2.12. The zero-order valence-electron chi connectivity index (χ0n) is 9.16. The molecule has 0 radical (unpaired) electrons. The van der Waals surface area contributed by atoms with Crippen LogP contribution in [0.1, 0.15) is 6.42 Å². The Morgan fingerprint density at radius 2 is 2.06 bits per heavy atom. The van der Waals surface area contributed by atoms with Crippen LogP contribution in [0.4, 0.5) is 4.79 Å². The summed E-state index contributed by atoms with van der Waals surface area (Å²) in [6.45, 7) is 3.33. The molecule has 7 nitrogen and oxygen atoms in total. The van der Waals surface area contributed by atoms with Gasteiger partial charge in [-0.1, -0.05) is 18.2 Å². The van der Waals surface area contributed by atoms with Crippen molar-refractivity contribution in [2.24, 2.45) is 0 Å². The van der Waals surface area contributed by atoms with Gasteiger partial charge in [0.1, 0.15) is 6.04 Å². The van der Waals surface area contributed by atoms with Crippen molar-refractivity contribution in [3.8, 4) is 0 Å². The van der Waals surface area contributed by atoms with Crippen LogP contribution in [0, 0.1) is 0 Å². The summed E-state index contributed by atoms with van der Waals surface area (Å²) in [6.07, 6.45) is -0.457. The number of carbonyl (C=O) groups excluding carboxylic acids is 2. The molecule has 0 aliphatic heterocycles. The fourth-order valence-electron chi connectivity index (χ4n) is 0.836. The first-order chi connectivity index (χ1) is 7.86. The number of carboxylic acid groups (broad SMARTS) is 1. The molecule has 0 rings (SSSR count). The summed E-state index contributed by atoms with van der Waals surface area (Å²) in [4.78, 5) is 32.8. The van der Waals surface area contributed by atoms with Gasteiger partial charge in [-0.05, 0) is 0 Å². The molecule has 1 atom stereocenters. The van der Waals surface area contributed by atoms with E-state index < -0.39 is 30.4 Å². The average molecular weight is 265 g/mol. The van der Waals surface area contributed by atoms with Crippen LogP contribution in [0.3, 0.4) is 0 Å². The maximum Gasteiger partial charge on any atom is 0.326 e. The standard InChI is InChI=1S/C9H13ClN2O5/c1-5(10)4-11-9(16)12-6(8(14)15)3-7(13)17-2/h6H,1,3-4H2,2H3,(H,14,15)(H2,11,12,16)/t6-/m0/s1. The van der Waals surface area contributed by atoms with Gasteiger partial charge >= 0.3 is 18.0 Å². The molecule has 17 heavy (non-hydrogen) atoms. The smallest absolute Gasteiger partial charge is 0.326 e. The third kappa shape index (κ3) is 7.18. The van der Waals surface area contributed by atoms with Crippen LogP contribution in [-0.4, -0.2) is 42.8 Å². The average Bonchev–Trinajstić information content (AvgIpc) is 2.25. The van der Waals surface area contributed by atoms with E-state index in [9.17, 15) is 14.4 Å². The Labute approximate surface area is 103 Å². The van der Waals surface area contributed by atoms with Crippen LogP contribution in [0.25, 0.3) is 0 Å². The lowest BCUT2D eigenvalue weighted by atomic mass is 10.2. The molecule has 2 amide bonds. The molecule has 96 valence electrons. The molecule has 0 unspecified atom stereocenters. The summed E-state index contributed by atoms with van der Waals surface area (Å²) in [5.41, 5.74) is 0. The molecule has 0 aliphatic carbocycles. The summed E-state index contributed by atoms with van der Waals surface area (Å²) >= 11 is 5.40. The van der Waals surface area contributed by atoms with Crippen molar-refractivity contribution in [1.29, 1.82) is 0 Å². The van der Waals surface area contributed by atoms with Gasteiger partial charge in [-0.15, -0.1) is 0 Å². The highest BCUT2D eigenvalue weighted by atomic mass is 35.5. The Morgan fingerprint density at radius 3 is 2.47 bits per heavy atom. The molecule has 0 heterocycles. The number of hydrogen-bond acceptors (Lipinski definition) is 4. The second-order valence-electron chi connectivity index (χ2n) is 3.02. The number of halogens is 1. The molecule has 8 heteroatoms. The van der Waals surface area contributed by atoms with E-state index in [-0.39, 0.29) is 11.6 Å². The first kappa shape index (κ1) is 15.2. The molecule has 0 aliphatic rings. The van der Waals surface area contributed by atoms with Crippen LogP contribution in [0.2, 0.25) is 0 Å². The number of esters is 1. The Hall–Kier alpha value is -1.76. The molecule has 0 saturated heterocycles. The molecule has 0 aromatic rings. The minimum absolute atomic E-state index is 0.00203. The summed E-state index contributed by atoms with van der Waals surface area (Å²) in [7, 11) is 1.12. The van der Waals surface area contributed by atoms with E-state index in [1.807, 2.05) is 0 Å². The Bertz CT molecular complexity index is 331. The largest absolute Gasteiger partial charge is 0.480 e. The number of aliphatic carboxylic acids is 1. The van der Waals surface area contributed by atoms with Crippen molar-refractivity contribution < 1.29 is 24.2 Å². The molecule has 0 aromatic heterocycles. The molecule has 0 fully saturated rings. The number of hydrogen-bond donors (Lipinski definition) is 3. The Morgan fingerprint density at radius 1 is 1.47 bits per heavy atom. The highest BCUT2D eigenvalue weighted by molar-refractivity contribution is 6.29. The first-order valence-electron chi connectivity index (χ1n) is 4.54. The van der Waals surface area contributed by atoms with Gasteiger partial charge < -0.3 is 20.5 Å². The first-order valence-corrected chi connectivity index (χ1v) is 4.92. The van der Waals surface area contributed by atoms with Gasteiger partial charge in [0, 0.05) is 5.03 Å². The number of urea groups is 1. The molecule has 0 bridgehead atoms. The van der Waals surface area contributed by atoms with Gasteiger partial charge in [0.25, 0.3) is 0 Å². The SMILES string of the molecule is C=C(Cl)CNC(=O)N[C@@H](CC(=O)OC)C(=O)O. The number of methoxy groups -OCH3 is 1. The van der Waals surface area contributed by atoms with Gasteiger partial charge in [-0.3, -0.25) is 4.79 Å². The Kier molecular flexibility index (Phi) is 6.73. The lowest BCUT2D eigenvalue weighted by Gasteiger charge is -2.13. The highest BCUT2D eigenvalue weighted by Crippen LogP contribution is 1.96. The zero-order chi connectivity index (χ0) is 13.4. The maximum atomic E-state index is 11.2. The highest BCUT2D eigenvalue weighted by Gasteiger charge is 2.23. The summed E-state index contributed by atoms with van der Waals surface area (Å²) < 4.78 is 4.30. The quantitative estimate of drug-likeness (QED) is 0.588. The van der Waals surface area contributed by atoms with Crippen molar-refractivity contribution in [2.45, 2.75) is 12.5 Å². The lowest BCUT2D eigenvalue weighted by Crippen LogP contribution is -2.47. The van der Waals surface area contributed by atoms with E-state index in [0.29, 0.717) is 0 Å². The van der Waals surface area contributed by atoms with Crippen molar-refractivity contribution in [3.63, 3.8) is 0 Å². The van der Waals surface area contributed by atoms with E-state index in [2.05, 4.69) is 21.9 Å². The summed E-state index contributed by atoms with van der Waals surface area (Å²) in [5, 5.41) is 13.3. The number of carboxylic acids is 1. The van der Waals surface area contributed by atoms with Crippen LogP contribution in [-0.2, 0) is 14.3 Å². The number of amides is 2. The predicted octanol–water partition coefficient (Wildman–Crippen LogP) is 0.0544. The van der Waals surface area contributed by atoms with Gasteiger partial charge in [0.2, 0.25) is 0 Å². The van der Waals surface area contributed by atoms with Crippen LogP contribution < -0.4 is 10.6 Å². The minimum atomic E-state index is -1.36. The van der Waals surface area contributed by atoms with Gasteiger partial charge in [0.05, 0.1) is 20.1 Å². The zero-order valence-corrected chi connectivity index (χ0v) is 9.91. The third-order valence-electron chi connectivity index (χ3n) is 1.64. The van der Waals surface area contributed by atoms with Crippen molar-refractivity contribution >= 4 is 29.6 Å². The molecule has 0 spiro atoms. The van der Waals surface area contributed by atoms with E-state index >= 15 is 0 Å². The third-order valence-corrected chi connectivity index (χ3v) is 1.78. The van der Waals surface area contributed by atoms with E-state index in [4.69, 9.17) is 16.7 Å². The fourth-order valence-corrected chi connectivity index (χ4v) is 0.902. The monoisotopic (exact) mass is 264 g/mol. The second kappa shape index (κ2) is 7.50. The van der Waals surface area contributed by atoms with Crippen LogP contribution >= 0.6 is 11.6 Å². The molecule has 0 aromatic carbocycles. The minimum Gasteiger partial charge on any atom is -0.480 e. The molecular weight excluding hydrogens is 252 g/mol. The van der Waals surface area contributed by atoms with E-state index in [1.165, 1.54) is 0 Å². The van der Waals surface area contributed by atoms with E-state index in [0.717, 1.165) is 7.11 Å². The number of carbonyl (C=O) groups is 3. The van der Waals surface area contributed by atoms with Gasteiger partial charge in [-0.25, -0.2) is 9.59 Å².